The van der Waals surface area contributed by atoms with Crippen LogP contribution in [0.5, 0.6) is 0 Å². The number of nitrogens with zero attached hydrogens (tertiary/aromatic N) is 21. The molecule has 0 amide bonds. The van der Waals surface area contributed by atoms with Crippen molar-refractivity contribution in [3.8, 4) is 0 Å². The van der Waals surface area contributed by atoms with Crippen molar-refractivity contribution in [1.29, 1.82) is 0 Å². The van der Waals surface area contributed by atoms with Crippen molar-refractivity contribution in [2.45, 2.75) is 194 Å². The average Bonchev–Trinajstić information content (AvgIpc) is 1.61. The number of ether oxygens (including phenoxy) is 6. The third kappa shape index (κ3) is 18.1. The number of anilines is 3. The maximum Gasteiger partial charge on any atom is 0.472 e. The van der Waals surface area contributed by atoms with Crippen molar-refractivity contribution >= 4 is 130 Å². The molecule has 30 atom stereocenters. The van der Waals surface area contributed by atoms with E-state index in [1.54, 1.807) is 6.92 Å². The molecule has 19 N–H and O–H groups in total. The van der Waals surface area contributed by atoms with E-state index < -0.39 is 254 Å². The van der Waals surface area contributed by atoms with Crippen LogP contribution in [0.2, 0.25) is 0 Å². The van der Waals surface area contributed by atoms with Gasteiger partial charge in [-0.1, -0.05) is 0 Å². The number of aliphatic hydroxyl groups excluding tert-OH is 4. The van der Waals surface area contributed by atoms with Crippen LogP contribution >= 0.6 is 46.0 Å². The van der Waals surface area contributed by atoms with Crippen molar-refractivity contribution in [3.63, 3.8) is 0 Å². The molecule has 12 aromatic rings. The van der Waals surface area contributed by atoms with Gasteiger partial charge in [0.2, 0.25) is 0 Å². The van der Waals surface area contributed by atoms with Crippen LogP contribution in [-0.4, -0.2) is 315 Å². The number of alkyl halides is 2. The minimum Gasteiger partial charge on any atom is -0.387 e. The molecule has 21 heterocycles. The highest BCUT2D eigenvalue weighted by Gasteiger charge is 2.59. The van der Waals surface area contributed by atoms with E-state index in [-0.39, 0.29) is 121 Å². The zero-order valence-corrected chi connectivity index (χ0v) is 74.9. The second-order valence-electron chi connectivity index (χ2n) is 32.5. The number of phosphoric acid groups is 2. The molecule has 6 bridgehead atoms. The smallest absolute Gasteiger partial charge is 0.387 e. The Morgan fingerprint density at radius 3 is 1.03 bits per heavy atom. The molecule has 9 aliphatic heterocycles. The van der Waals surface area contributed by atoms with E-state index in [1.807, 2.05) is 0 Å². The van der Waals surface area contributed by atoms with Crippen LogP contribution < -0.4 is 33.9 Å². The third-order valence-electron chi connectivity index (χ3n) is 23.5. The van der Waals surface area contributed by atoms with Gasteiger partial charge >= 0.3 is 46.0 Å². The Labute approximate surface area is 749 Å². The number of imidazole rings is 6. The summed E-state index contributed by atoms with van der Waals surface area (Å²) in [7, 11) is -28.5. The standard InChI is InChI=1S/C23H29N9O11P2.2C22H26FN9O11P2/c1-9-29-20-13(21(35)30-9)28-8-32(20)23-17-14(33)10(40-23)2-4-44(36,37)42-16-11(3-5-45(38,39)43-17)41-22(15(16)34)31-7-27-12-18(24)25-6-26-19(12)31;1-8-29-19-13(20(34)30-8)28-7-32(19)22-16-14(33)10(41-22)4-39-45(37,38)43-15-9(2-3-44(35,36)42-16)40-21(11(15)23)31-6-27-12-17(24)25-5-26-18(12)31;1-8-29-19-13(20(34)30-8)28-7-32(19)22-16-11(23)10(41-22)4-39-45(37,38)43-15-9(2-3-44(35,36)42-16)40-21(14(15)33)31-6-27-12-17(24)25-5-26-18(12)31/h6-8,10-11,14-17,22-23,33-34H,2-5H2,1H3,(H,36,37)(H,38,39)(H2,24,25,26)(H,29,30,35);2*5-7,9-11,14-16,21-22,33H,2-4H2,1H3,(H,35,36)(H,37,38)(H2,24,25,26)(H,29,30,34). The van der Waals surface area contributed by atoms with Crippen molar-refractivity contribution < 1.29 is 151 Å². The lowest BCUT2D eigenvalue weighted by molar-refractivity contribution is -0.0549. The molecule has 9 fully saturated rings. The first kappa shape index (κ1) is 94.4. The summed E-state index contributed by atoms with van der Waals surface area (Å²) >= 11 is 0. The van der Waals surface area contributed by atoms with Gasteiger partial charge in [-0.05, 0) is 46.5 Å². The lowest BCUT2D eigenvalue weighted by Crippen LogP contribution is -2.35. The number of aliphatic hydroxyl groups is 4. The number of hydrogen-bond acceptors (Lipinski definition) is 45. The number of nitrogens with one attached hydrogen (secondary N) is 3. The highest BCUT2D eigenvalue weighted by atomic mass is 31.2. The van der Waals surface area contributed by atoms with E-state index in [4.69, 9.17) is 81.8 Å². The fraction of sp³-hybridized carbons (Fsp3) is 0.552. The van der Waals surface area contributed by atoms with Gasteiger partial charge in [0.25, 0.3) is 16.7 Å². The summed E-state index contributed by atoms with van der Waals surface area (Å²) < 4.78 is 197. The van der Waals surface area contributed by atoms with Crippen LogP contribution in [0.25, 0.3) is 67.0 Å². The van der Waals surface area contributed by atoms with E-state index in [2.05, 4.69) is 89.7 Å². The second-order valence-corrected chi connectivity index (χ2v) is 43.0. The zero-order valence-electron chi connectivity index (χ0n) is 69.5. The van der Waals surface area contributed by atoms with Crippen molar-refractivity contribution in [3.05, 3.63) is 105 Å². The van der Waals surface area contributed by atoms with Gasteiger partial charge in [-0.3, -0.25) is 96.2 Å². The van der Waals surface area contributed by atoms with Crippen LogP contribution in [0.1, 0.15) is 80.5 Å². The first-order valence-electron chi connectivity index (χ1n) is 40.8. The summed E-state index contributed by atoms with van der Waals surface area (Å²) in [4.78, 5) is 170. The van der Waals surface area contributed by atoms with Gasteiger partial charge in [0, 0.05) is 0 Å². The molecule has 726 valence electrons. The highest BCUT2D eigenvalue weighted by Crippen LogP contribution is 2.59. The number of nitrogens with two attached hydrogens (primary N) is 3. The van der Waals surface area contributed by atoms with Crippen molar-refractivity contribution in [1.82, 2.24) is 117 Å². The predicted octanol–water partition coefficient (Wildman–Crippen LogP) is -1.06. The van der Waals surface area contributed by atoms with E-state index in [9.17, 15) is 91.6 Å². The topological polar surface area (TPSA) is 834 Å². The first-order valence-corrected chi connectivity index (χ1v) is 50.8. The number of aromatic amines is 3. The van der Waals surface area contributed by atoms with E-state index >= 15 is 8.78 Å². The lowest BCUT2D eigenvalue weighted by Gasteiger charge is -2.26. The molecule has 21 rings (SSSR count). The Kier molecular flexibility index (Phi) is 24.9. The second kappa shape index (κ2) is 35.7. The van der Waals surface area contributed by atoms with Gasteiger partial charge in [-0.15, -0.1) is 0 Å². The van der Waals surface area contributed by atoms with Gasteiger partial charge in [0.15, 0.2) is 118 Å². The molecule has 9 saturated heterocycles. The average molecular weight is 2020 g/mol. The summed E-state index contributed by atoms with van der Waals surface area (Å²) in [5, 5.41) is 44.6. The third-order valence-corrected chi connectivity index (χ3v) is 31.0. The van der Waals surface area contributed by atoms with Crippen LogP contribution in [0, 0.1) is 20.8 Å². The first-order chi connectivity index (χ1) is 63.9. The molecule has 9 aliphatic rings. The van der Waals surface area contributed by atoms with Gasteiger partial charge in [-0.25, -0.2) is 92.7 Å². The van der Waals surface area contributed by atoms with Crippen LogP contribution in [0.15, 0.2) is 71.3 Å². The molecule has 0 radical (unpaired) electrons. The zero-order chi connectivity index (χ0) is 95.5. The molecule has 135 heavy (non-hydrogen) atoms. The molecule has 0 aliphatic carbocycles. The fourth-order valence-corrected chi connectivity index (χ4v) is 24.3. The minimum atomic E-state index is -5.07. The predicted molar refractivity (Wildman–Crippen MR) is 443 cm³/mol. The van der Waals surface area contributed by atoms with Gasteiger partial charge in [0.1, 0.15) is 126 Å². The number of aromatic nitrogens is 24. The molecule has 0 spiro atoms. The molecule has 0 saturated carbocycles. The van der Waals surface area contributed by atoms with Gasteiger partial charge in [-0.2, -0.15) is 0 Å². The van der Waals surface area contributed by atoms with E-state index in [0.717, 1.165) is 12.7 Å². The van der Waals surface area contributed by atoms with Gasteiger partial charge in [0.05, 0.1) is 100 Å². The molecule has 0 aromatic carbocycles. The number of H-pyrrole nitrogens is 3. The Balaban J connectivity index is 0.000000130. The number of phosphoric ester groups is 2. The number of rotatable bonds is 6. The maximum absolute atomic E-state index is 15.9. The van der Waals surface area contributed by atoms with E-state index in [1.165, 1.54) is 85.5 Å². The van der Waals surface area contributed by atoms with Crippen LogP contribution in [0.4, 0.5) is 26.2 Å². The number of hydrogen-bond donors (Lipinski definition) is 16. The molecule has 60 nitrogen and oxygen atoms in total. The fourth-order valence-electron chi connectivity index (χ4n) is 17.2. The minimum absolute atomic E-state index is 0.0186. The Hall–Kier alpha value is -9.62. The van der Waals surface area contributed by atoms with Crippen molar-refractivity contribution in [2.24, 2.45) is 0 Å². The normalized spacial score (nSPS) is 37.7. The highest BCUT2D eigenvalue weighted by molar-refractivity contribution is 7.53. The van der Waals surface area contributed by atoms with Gasteiger partial charge < -0.3 is 110 Å². The Morgan fingerprint density at radius 1 is 0.333 bits per heavy atom. The van der Waals surface area contributed by atoms with Crippen LogP contribution in [-0.2, 0) is 92.0 Å². The Morgan fingerprint density at radius 2 is 0.622 bits per heavy atom. The summed E-state index contributed by atoms with van der Waals surface area (Å²) in [6.07, 6.45) is -29.2. The molecular weight excluding hydrogens is 1930 g/mol. The van der Waals surface area contributed by atoms with E-state index in [0.29, 0.717) is 0 Å². The maximum atomic E-state index is 15.9. The summed E-state index contributed by atoms with van der Waals surface area (Å²) in [5.74, 6) is 0.869. The summed E-state index contributed by atoms with van der Waals surface area (Å²) in [5.41, 5.74) is 16.8. The number of aryl methyl sites for hydroxylation is 3. The quantitative estimate of drug-likeness (QED) is 0.0883. The molecule has 12 aromatic heterocycles. The molecular formula is C67H81F2N27O33P6. The number of halogens is 2. The monoisotopic (exact) mass is 2020 g/mol. The SMILES string of the molecule is Cc1nc2c(ncn2C2OC3CCP(=O)(O)OC4C(CCP(=O)(O)OC2C3O)OC(n2cnc3c(N)ncnc32)C4O)c(=O)[nH]1.Cc1nc2c(ncn2C2OC3COP(=O)(O)OC4C(CCP(=O)(O)OC2C3F)OC(n2cnc3c(N)ncnc32)C4O)c(=O)[nH]1.Cc1nc2c(ncn2C2OC3COP(=O)(O)OC4C(CCP(=O)(O)OC2C3O)OC(n2cnc3c(N)ncnc32)C4F)c(=O)[nH]1. The summed E-state index contributed by atoms with van der Waals surface area (Å²) in [6.45, 7) is 2.92. The van der Waals surface area contributed by atoms with Crippen molar-refractivity contribution in [2.75, 3.05) is 55.1 Å². The number of nitrogen functional groups attached to an aromatic ring is 3. The molecule has 68 heteroatoms. The van der Waals surface area contributed by atoms with Crippen LogP contribution in [0.3, 0.4) is 0 Å². The summed E-state index contributed by atoms with van der Waals surface area (Å²) in [6, 6.07) is 0. The molecule has 30 unspecified atom stereocenters. The largest absolute Gasteiger partial charge is 0.472 e. The number of fused-ring (bicyclic) bond motifs is 15. The lowest BCUT2D eigenvalue weighted by atomic mass is 10.1. The Bertz CT molecular complexity index is 6460.